The molecule has 114 valence electrons. The Labute approximate surface area is 138 Å². The van der Waals surface area contributed by atoms with Gasteiger partial charge in [-0.1, -0.05) is 32.4 Å². The monoisotopic (exact) mass is 332 g/mol. The Hall–Kier alpha value is -1.65. The van der Waals surface area contributed by atoms with Gasteiger partial charge < -0.3 is 4.74 Å². The maximum absolute atomic E-state index is 6.22. The number of fused-ring (bicyclic) bond motifs is 1. The second-order valence-electron chi connectivity index (χ2n) is 6.16. The molecule has 0 fully saturated rings. The number of aromatic nitrogens is 2. The molecule has 0 aliphatic carbocycles. The van der Waals surface area contributed by atoms with Crippen LogP contribution in [0.15, 0.2) is 29.8 Å². The Morgan fingerprint density at radius 3 is 2.59 bits per heavy atom. The van der Waals surface area contributed by atoms with Crippen LogP contribution in [0.25, 0.3) is 21.3 Å². The van der Waals surface area contributed by atoms with Gasteiger partial charge in [0.1, 0.15) is 15.9 Å². The maximum atomic E-state index is 6.22. The number of pyridine rings is 1. The van der Waals surface area contributed by atoms with Crippen LogP contribution < -0.4 is 4.74 Å². The van der Waals surface area contributed by atoms with Crippen molar-refractivity contribution in [1.82, 2.24) is 9.97 Å². The molecular formula is C17H17ClN2OS. The molecule has 3 aromatic rings. The highest BCUT2D eigenvalue weighted by molar-refractivity contribution is 7.13. The fraction of sp³-hybridized carbons (Fsp3) is 0.294. The quantitative estimate of drug-likeness (QED) is 0.596. The predicted molar refractivity (Wildman–Crippen MR) is 93.1 cm³/mol. The molecule has 0 saturated heterocycles. The Kier molecular flexibility index (Phi) is 3.83. The summed E-state index contributed by atoms with van der Waals surface area (Å²) in [5, 5.41) is 5.47. The number of methoxy groups -OCH3 is 1. The average molecular weight is 333 g/mol. The number of halogens is 1. The van der Waals surface area contributed by atoms with Crippen molar-refractivity contribution < 1.29 is 4.74 Å². The molecule has 1 aromatic carbocycles. The van der Waals surface area contributed by atoms with Gasteiger partial charge in [-0.05, 0) is 18.2 Å². The van der Waals surface area contributed by atoms with Gasteiger partial charge in [0, 0.05) is 33.3 Å². The zero-order valence-electron chi connectivity index (χ0n) is 13.0. The molecule has 0 spiro atoms. The van der Waals surface area contributed by atoms with Crippen molar-refractivity contribution in [2.75, 3.05) is 7.11 Å². The van der Waals surface area contributed by atoms with Gasteiger partial charge >= 0.3 is 0 Å². The summed E-state index contributed by atoms with van der Waals surface area (Å²) in [6.45, 7) is 6.48. The predicted octanol–water partition coefficient (Wildman–Crippen LogP) is 5.32. The Balaban J connectivity index is 2.22. The van der Waals surface area contributed by atoms with Gasteiger partial charge in [0.2, 0.25) is 0 Å². The highest BCUT2D eigenvalue weighted by atomic mass is 35.5. The highest BCUT2D eigenvalue weighted by Crippen LogP contribution is 2.36. The van der Waals surface area contributed by atoms with Crippen molar-refractivity contribution in [3.8, 4) is 16.3 Å². The van der Waals surface area contributed by atoms with E-state index in [4.69, 9.17) is 21.3 Å². The molecule has 0 aliphatic heterocycles. The summed E-state index contributed by atoms with van der Waals surface area (Å²) < 4.78 is 5.33. The lowest BCUT2D eigenvalue weighted by Gasteiger charge is -2.14. The summed E-state index contributed by atoms with van der Waals surface area (Å²) in [6.07, 6.45) is 1.79. The van der Waals surface area contributed by atoms with Crippen molar-refractivity contribution in [1.29, 1.82) is 0 Å². The lowest BCUT2D eigenvalue weighted by Crippen LogP contribution is -2.11. The molecule has 0 bridgehead atoms. The first-order valence-electron chi connectivity index (χ1n) is 6.99. The standard InChI is InChI=1S/C17H17ClN2OS/c1-17(2,3)14-9-22-16(20-14)13-8-19-15(18)11-6-5-10(21-4)7-12(11)13/h5-9H,1-4H3. The number of ether oxygens (including phenoxy) is 1. The summed E-state index contributed by atoms with van der Waals surface area (Å²) in [6, 6.07) is 5.81. The van der Waals surface area contributed by atoms with Crippen molar-refractivity contribution >= 4 is 33.7 Å². The molecule has 3 rings (SSSR count). The number of thiazole rings is 1. The molecule has 0 unspecified atom stereocenters. The van der Waals surface area contributed by atoms with E-state index in [1.54, 1.807) is 24.6 Å². The van der Waals surface area contributed by atoms with Crippen LogP contribution in [0.3, 0.4) is 0 Å². The van der Waals surface area contributed by atoms with Crippen LogP contribution in [0.1, 0.15) is 26.5 Å². The van der Waals surface area contributed by atoms with Crippen molar-refractivity contribution in [3.05, 3.63) is 40.6 Å². The third-order valence-corrected chi connectivity index (χ3v) is 4.73. The van der Waals surface area contributed by atoms with Crippen LogP contribution in [0, 0.1) is 0 Å². The Morgan fingerprint density at radius 2 is 1.95 bits per heavy atom. The van der Waals surface area contributed by atoms with E-state index in [1.165, 1.54) is 0 Å². The summed E-state index contributed by atoms with van der Waals surface area (Å²) >= 11 is 7.85. The number of rotatable bonds is 2. The molecule has 0 radical (unpaired) electrons. The fourth-order valence-electron chi connectivity index (χ4n) is 2.23. The first-order chi connectivity index (χ1) is 10.4. The maximum Gasteiger partial charge on any atom is 0.136 e. The number of benzene rings is 1. The van der Waals surface area contributed by atoms with Crippen LogP contribution in [0.2, 0.25) is 5.15 Å². The van der Waals surface area contributed by atoms with E-state index in [1.807, 2.05) is 18.2 Å². The number of hydrogen-bond acceptors (Lipinski definition) is 4. The van der Waals surface area contributed by atoms with Crippen LogP contribution in [-0.4, -0.2) is 17.1 Å². The second kappa shape index (κ2) is 5.52. The van der Waals surface area contributed by atoms with Gasteiger partial charge in [-0.3, -0.25) is 0 Å². The zero-order chi connectivity index (χ0) is 15.9. The smallest absolute Gasteiger partial charge is 0.136 e. The minimum atomic E-state index is 0.0299. The molecule has 0 saturated carbocycles. The molecular weight excluding hydrogens is 316 g/mol. The minimum absolute atomic E-state index is 0.0299. The lowest BCUT2D eigenvalue weighted by molar-refractivity contribution is 0.415. The summed E-state index contributed by atoms with van der Waals surface area (Å²) in [5.41, 5.74) is 2.10. The van der Waals surface area contributed by atoms with Crippen LogP contribution in [0.5, 0.6) is 5.75 Å². The van der Waals surface area contributed by atoms with Crippen molar-refractivity contribution in [3.63, 3.8) is 0 Å². The summed E-state index contributed by atoms with van der Waals surface area (Å²) in [4.78, 5) is 9.08. The second-order valence-corrected chi connectivity index (χ2v) is 7.38. The van der Waals surface area contributed by atoms with E-state index >= 15 is 0 Å². The van der Waals surface area contributed by atoms with E-state index in [-0.39, 0.29) is 5.41 Å². The minimum Gasteiger partial charge on any atom is -0.497 e. The van der Waals surface area contributed by atoms with Gasteiger partial charge in [-0.2, -0.15) is 0 Å². The molecule has 2 heterocycles. The first kappa shape index (κ1) is 15.3. The van der Waals surface area contributed by atoms with Gasteiger partial charge in [-0.15, -0.1) is 11.3 Å². The first-order valence-corrected chi connectivity index (χ1v) is 8.24. The SMILES string of the molecule is COc1ccc2c(Cl)ncc(-c3nc(C(C)(C)C)cs3)c2c1. The average Bonchev–Trinajstić information content (AvgIpc) is 2.97. The zero-order valence-corrected chi connectivity index (χ0v) is 14.5. The van der Waals surface area contributed by atoms with E-state index in [0.717, 1.165) is 32.8 Å². The normalized spacial score (nSPS) is 11.9. The Bertz CT molecular complexity index is 836. The molecule has 0 N–H and O–H groups in total. The summed E-state index contributed by atoms with van der Waals surface area (Å²) in [7, 11) is 1.66. The molecule has 3 nitrogen and oxygen atoms in total. The van der Waals surface area contributed by atoms with E-state index in [0.29, 0.717) is 5.15 Å². The topological polar surface area (TPSA) is 35.0 Å². The fourth-order valence-corrected chi connectivity index (χ4v) is 3.51. The third kappa shape index (κ3) is 2.69. The van der Waals surface area contributed by atoms with E-state index in [9.17, 15) is 0 Å². The van der Waals surface area contributed by atoms with Gasteiger partial charge in [0.15, 0.2) is 0 Å². The van der Waals surface area contributed by atoms with Crippen LogP contribution in [-0.2, 0) is 5.41 Å². The van der Waals surface area contributed by atoms with E-state index < -0.39 is 0 Å². The molecule has 22 heavy (non-hydrogen) atoms. The van der Waals surface area contributed by atoms with Crippen LogP contribution in [0.4, 0.5) is 0 Å². The Morgan fingerprint density at radius 1 is 1.18 bits per heavy atom. The van der Waals surface area contributed by atoms with Gasteiger partial charge in [0.25, 0.3) is 0 Å². The molecule has 0 atom stereocenters. The number of nitrogens with zero attached hydrogens (tertiary/aromatic N) is 2. The van der Waals surface area contributed by atoms with Crippen LogP contribution >= 0.6 is 22.9 Å². The number of hydrogen-bond donors (Lipinski definition) is 0. The summed E-state index contributed by atoms with van der Waals surface area (Å²) in [5.74, 6) is 0.795. The molecule has 5 heteroatoms. The highest BCUT2D eigenvalue weighted by Gasteiger charge is 2.19. The molecule has 0 amide bonds. The van der Waals surface area contributed by atoms with E-state index in [2.05, 4.69) is 31.1 Å². The van der Waals surface area contributed by atoms with Crippen molar-refractivity contribution in [2.24, 2.45) is 0 Å². The lowest BCUT2D eigenvalue weighted by atomic mass is 9.93. The molecule has 0 aliphatic rings. The van der Waals surface area contributed by atoms with Gasteiger partial charge in [0.05, 0.1) is 12.8 Å². The largest absolute Gasteiger partial charge is 0.497 e. The van der Waals surface area contributed by atoms with Gasteiger partial charge in [-0.25, -0.2) is 9.97 Å². The van der Waals surface area contributed by atoms with Crippen molar-refractivity contribution in [2.45, 2.75) is 26.2 Å². The third-order valence-electron chi connectivity index (χ3n) is 3.55. The molecule has 2 aromatic heterocycles.